The Morgan fingerprint density at radius 1 is 1.31 bits per heavy atom. The minimum Gasteiger partial charge on any atom is -0.454 e. The molecule has 0 aliphatic carbocycles. The number of carbonyl (C=O) groups excluding carboxylic acids is 2. The van der Waals surface area contributed by atoms with Crippen LogP contribution in [-0.4, -0.2) is 52.8 Å². The summed E-state index contributed by atoms with van der Waals surface area (Å²) in [5, 5.41) is 2.69. The zero-order valence-electron chi connectivity index (χ0n) is 14.4. The molecule has 2 aliphatic rings. The lowest BCUT2D eigenvalue weighted by Crippen LogP contribution is -2.31. The Kier molecular flexibility index (Phi) is 6.20. The highest BCUT2D eigenvalue weighted by molar-refractivity contribution is 8.23. The molecule has 1 atom stereocenters. The van der Waals surface area contributed by atoms with E-state index in [4.69, 9.17) is 26.4 Å². The van der Waals surface area contributed by atoms with Gasteiger partial charge < -0.3 is 24.4 Å². The quantitative estimate of drug-likeness (QED) is 0.601. The van der Waals surface area contributed by atoms with E-state index in [1.165, 1.54) is 18.7 Å². The topological polar surface area (TPSA) is 77.1 Å². The van der Waals surface area contributed by atoms with Gasteiger partial charge in [-0.3, -0.25) is 9.59 Å². The van der Waals surface area contributed by atoms with E-state index in [2.05, 4.69) is 10.2 Å². The van der Waals surface area contributed by atoms with E-state index in [1.807, 2.05) is 0 Å². The van der Waals surface area contributed by atoms with Crippen molar-refractivity contribution < 1.29 is 23.8 Å². The second-order valence-corrected chi connectivity index (χ2v) is 7.55. The van der Waals surface area contributed by atoms with Gasteiger partial charge in [-0.2, -0.15) is 0 Å². The number of esters is 1. The lowest BCUT2D eigenvalue weighted by molar-refractivity contribution is -0.150. The highest BCUT2D eigenvalue weighted by Crippen LogP contribution is 2.34. The summed E-state index contributed by atoms with van der Waals surface area (Å²) in [5.74, 6) is 0.415. The fourth-order valence-corrected chi connectivity index (χ4v) is 3.65. The molecule has 1 N–H and O–H groups in total. The van der Waals surface area contributed by atoms with Crippen LogP contribution < -0.4 is 14.8 Å². The van der Waals surface area contributed by atoms with Gasteiger partial charge in [0.2, 0.25) is 6.79 Å². The number of ether oxygens (including phenoxy) is 3. The van der Waals surface area contributed by atoms with E-state index >= 15 is 0 Å². The van der Waals surface area contributed by atoms with E-state index in [-0.39, 0.29) is 12.5 Å². The van der Waals surface area contributed by atoms with Crippen LogP contribution >= 0.6 is 24.0 Å². The highest BCUT2D eigenvalue weighted by Gasteiger charge is 2.21. The summed E-state index contributed by atoms with van der Waals surface area (Å²) < 4.78 is 16.4. The molecule has 1 fully saturated rings. The first-order valence-corrected chi connectivity index (χ1v) is 9.74. The molecule has 3 rings (SSSR count). The first-order valence-electron chi connectivity index (χ1n) is 8.34. The number of anilines is 1. The average molecular weight is 396 g/mol. The number of benzene rings is 1. The lowest BCUT2D eigenvalue weighted by Gasteiger charge is -2.18. The van der Waals surface area contributed by atoms with Crippen molar-refractivity contribution in [1.29, 1.82) is 0 Å². The Morgan fingerprint density at radius 2 is 2.04 bits per heavy atom. The monoisotopic (exact) mass is 396 g/mol. The molecule has 1 aromatic carbocycles. The largest absolute Gasteiger partial charge is 0.454 e. The molecule has 0 spiro atoms. The molecule has 9 heteroatoms. The summed E-state index contributed by atoms with van der Waals surface area (Å²) in [5.41, 5.74) is 0.548. The maximum absolute atomic E-state index is 12.2. The van der Waals surface area contributed by atoms with Gasteiger partial charge in [0.15, 0.2) is 17.6 Å². The van der Waals surface area contributed by atoms with Crippen molar-refractivity contribution in [2.75, 3.05) is 31.0 Å². The zero-order valence-corrected chi connectivity index (χ0v) is 16.0. The van der Waals surface area contributed by atoms with Gasteiger partial charge in [0, 0.05) is 24.8 Å². The maximum atomic E-state index is 12.2. The molecule has 1 saturated heterocycles. The van der Waals surface area contributed by atoms with Gasteiger partial charge in [-0.15, -0.1) is 0 Å². The predicted molar refractivity (Wildman–Crippen MR) is 103 cm³/mol. The first kappa shape index (κ1) is 18.8. The summed E-state index contributed by atoms with van der Waals surface area (Å²) in [6.07, 6.45) is 1.35. The molecule has 0 radical (unpaired) electrons. The Bertz CT molecular complexity index is 706. The average Bonchev–Trinajstić information content (AvgIpc) is 3.30. The van der Waals surface area contributed by atoms with Crippen LogP contribution in [0.2, 0.25) is 0 Å². The minimum atomic E-state index is -0.908. The molecular formula is C17H20N2O5S2. The van der Waals surface area contributed by atoms with Crippen LogP contribution in [0, 0.1) is 0 Å². The predicted octanol–water partition coefficient (Wildman–Crippen LogP) is 2.40. The molecule has 0 unspecified atom stereocenters. The molecule has 0 aromatic heterocycles. The second kappa shape index (κ2) is 8.59. The number of hydrogen-bond acceptors (Lipinski definition) is 7. The molecule has 2 heterocycles. The molecular weight excluding hydrogens is 376 g/mol. The molecule has 0 bridgehead atoms. The number of nitrogens with one attached hydrogen (secondary N) is 1. The lowest BCUT2D eigenvalue weighted by atomic mass is 10.2. The number of thiocarbonyl (C=S) groups is 1. The van der Waals surface area contributed by atoms with Crippen molar-refractivity contribution in [3.05, 3.63) is 18.2 Å². The van der Waals surface area contributed by atoms with Crippen LogP contribution in [0.25, 0.3) is 0 Å². The minimum absolute atomic E-state index is 0.0942. The molecule has 140 valence electrons. The molecule has 7 nitrogen and oxygen atoms in total. The number of likely N-dealkylation sites (tertiary alicyclic amines) is 1. The van der Waals surface area contributed by atoms with E-state index in [9.17, 15) is 9.59 Å². The summed E-state index contributed by atoms with van der Waals surface area (Å²) in [6.45, 7) is 3.58. The number of rotatable bonds is 5. The van der Waals surface area contributed by atoms with E-state index in [0.29, 0.717) is 21.5 Å². The van der Waals surface area contributed by atoms with Crippen molar-refractivity contribution in [2.45, 2.75) is 25.9 Å². The second-order valence-electron chi connectivity index (χ2n) is 5.94. The van der Waals surface area contributed by atoms with Crippen molar-refractivity contribution in [1.82, 2.24) is 4.90 Å². The van der Waals surface area contributed by atoms with Crippen molar-refractivity contribution in [2.24, 2.45) is 0 Å². The molecule has 1 amide bonds. The van der Waals surface area contributed by atoms with Gasteiger partial charge in [0.1, 0.15) is 4.32 Å². The van der Waals surface area contributed by atoms with Crippen molar-refractivity contribution in [3.63, 3.8) is 0 Å². The normalized spacial score (nSPS) is 16.3. The standard InChI is InChI=1S/C17H20N2O5S2/c1-11(24-15(20)9-26-17(25)19-6-2-3-7-19)16(21)18-12-4-5-13-14(8-12)23-10-22-13/h4-5,8,11H,2-3,6-7,9-10H2,1H3,(H,18,21)/t11-/m1/s1. The number of nitrogens with zero attached hydrogens (tertiary/aromatic N) is 1. The van der Waals surface area contributed by atoms with Gasteiger partial charge >= 0.3 is 5.97 Å². The maximum Gasteiger partial charge on any atom is 0.317 e. The van der Waals surface area contributed by atoms with Gasteiger partial charge in [0.25, 0.3) is 5.91 Å². The summed E-state index contributed by atoms with van der Waals surface area (Å²) >= 11 is 6.58. The van der Waals surface area contributed by atoms with E-state index in [1.54, 1.807) is 18.2 Å². The third kappa shape index (κ3) is 4.79. The summed E-state index contributed by atoms with van der Waals surface area (Å²) in [4.78, 5) is 26.2. The van der Waals surface area contributed by atoms with Gasteiger partial charge in [-0.1, -0.05) is 24.0 Å². The smallest absolute Gasteiger partial charge is 0.317 e. The van der Waals surface area contributed by atoms with Crippen LogP contribution in [0.3, 0.4) is 0 Å². The number of fused-ring (bicyclic) bond motifs is 1. The molecule has 2 aliphatic heterocycles. The van der Waals surface area contributed by atoms with Crippen molar-refractivity contribution in [3.8, 4) is 11.5 Å². The number of thioether (sulfide) groups is 1. The third-order valence-electron chi connectivity index (χ3n) is 4.00. The molecule has 1 aromatic rings. The first-order chi connectivity index (χ1) is 12.5. The summed E-state index contributed by atoms with van der Waals surface area (Å²) in [7, 11) is 0. The number of amides is 1. The van der Waals surface area contributed by atoms with Gasteiger partial charge in [0.05, 0.1) is 5.75 Å². The zero-order chi connectivity index (χ0) is 18.5. The fraction of sp³-hybridized carbons (Fsp3) is 0.471. The molecule has 0 saturated carbocycles. The van der Waals surface area contributed by atoms with Crippen LogP contribution in [0.4, 0.5) is 5.69 Å². The Labute approximate surface area is 161 Å². The fourth-order valence-electron chi connectivity index (χ4n) is 2.61. The highest BCUT2D eigenvalue weighted by atomic mass is 32.2. The van der Waals surface area contributed by atoms with Crippen LogP contribution in [0.15, 0.2) is 18.2 Å². The Balaban J connectivity index is 1.43. The van der Waals surface area contributed by atoms with E-state index < -0.39 is 18.0 Å². The molecule has 26 heavy (non-hydrogen) atoms. The van der Waals surface area contributed by atoms with Crippen LogP contribution in [-0.2, 0) is 14.3 Å². The van der Waals surface area contributed by atoms with Gasteiger partial charge in [-0.25, -0.2) is 0 Å². The van der Waals surface area contributed by atoms with Crippen molar-refractivity contribution >= 4 is 45.9 Å². The SMILES string of the molecule is C[C@@H](OC(=O)CSC(=S)N1CCCC1)C(=O)Nc1ccc2c(c1)OCO2. The number of carbonyl (C=O) groups is 2. The van der Waals surface area contributed by atoms with E-state index in [0.717, 1.165) is 25.9 Å². The van der Waals surface area contributed by atoms with Crippen LogP contribution in [0.5, 0.6) is 11.5 Å². The Morgan fingerprint density at radius 3 is 2.81 bits per heavy atom. The number of hydrogen-bond donors (Lipinski definition) is 1. The summed E-state index contributed by atoms with van der Waals surface area (Å²) in [6, 6.07) is 5.08. The Hall–Kier alpha value is -2.00. The van der Waals surface area contributed by atoms with Crippen LogP contribution in [0.1, 0.15) is 19.8 Å². The third-order valence-corrected chi connectivity index (χ3v) is 5.49. The van der Waals surface area contributed by atoms with Gasteiger partial charge in [-0.05, 0) is 31.9 Å².